The lowest BCUT2D eigenvalue weighted by atomic mass is 10.1. The summed E-state index contributed by atoms with van der Waals surface area (Å²) in [7, 11) is 0. The van der Waals surface area contributed by atoms with E-state index in [-0.39, 0.29) is 11.5 Å². The molecule has 0 radical (unpaired) electrons. The number of aromatic amines is 1. The SMILES string of the molecule is Cc1cccc(Cc2nc(C(=O)O)c(-c3c[nH]c4ccccc34)o2)c1. The van der Waals surface area contributed by atoms with E-state index in [1.165, 1.54) is 0 Å². The number of hydrogen-bond acceptors (Lipinski definition) is 3. The highest BCUT2D eigenvalue weighted by molar-refractivity contribution is 6.00. The Morgan fingerprint density at radius 3 is 2.84 bits per heavy atom. The molecular formula is C20H16N2O3. The van der Waals surface area contributed by atoms with E-state index in [1.54, 1.807) is 6.20 Å². The molecule has 4 rings (SSSR count). The molecule has 0 aliphatic carbocycles. The third-order valence-corrected chi connectivity index (χ3v) is 4.15. The molecule has 2 N–H and O–H groups in total. The van der Waals surface area contributed by atoms with Crippen LogP contribution in [0.25, 0.3) is 22.2 Å². The van der Waals surface area contributed by atoms with Crippen LogP contribution in [0.1, 0.15) is 27.5 Å². The van der Waals surface area contributed by atoms with Gasteiger partial charge in [0.2, 0.25) is 0 Å². The molecule has 0 bridgehead atoms. The van der Waals surface area contributed by atoms with Crippen LogP contribution in [0, 0.1) is 6.92 Å². The Balaban J connectivity index is 1.80. The van der Waals surface area contributed by atoms with Gasteiger partial charge in [-0.2, -0.15) is 0 Å². The summed E-state index contributed by atoms with van der Waals surface area (Å²) in [6.07, 6.45) is 2.21. The molecule has 0 spiro atoms. The van der Waals surface area contributed by atoms with Crippen LogP contribution in [0.2, 0.25) is 0 Å². The third-order valence-electron chi connectivity index (χ3n) is 4.15. The molecule has 5 nitrogen and oxygen atoms in total. The van der Waals surface area contributed by atoms with Crippen molar-refractivity contribution in [1.29, 1.82) is 0 Å². The second-order valence-electron chi connectivity index (χ2n) is 6.00. The van der Waals surface area contributed by atoms with Gasteiger partial charge in [-0.15, -0.1) is 0 Å². The van der Waals surface area contributed by atoms with Crippen molar-refractivity contribution in [3.8, 4) is 11.3 Å². The van der Waals surface area contributed by atoms with Crippen LogP contribution >= 0.6 is 0 Å². The van der Waals surface area contributed by atoms with Crippen molar-refractivity contribution in [2.75, 3.05) is 0 Å². The average Bonchev–Trinajstić information content (AvgIpc) is 3.18. The van der Waals surface area contributed by atoms with E-state index in [2.05, 4.69) is 9.97 Å². The van der Waals surface area contributed by atoms with Crippen LogP contribution < -0.4 is 0 Å². The smallest absolute Gasteiger partial charge is 0.358 e. The third kappa shape index (κ3) is 2.80. The molecule has 0 unspecified atom stereocenters. The predicted octanol–water partition coefficient (Wildman–Crippen LogP) is 4.42. The lowest BCUT2D eigenvalue weighted by Crippen LogP contribution is -1.99. The molecule has 2 aromatic carbocycles. The number of rotatable bonds is 4. The molecule has 0 atom stereocenters. The molecular weight excluding hydrogens is 316 g/mol. The highest BCUT2D eigenvalue weighted by atomic mass is 16.4. The molecule has 124 valence electrons. The zero-order valence-electron chi connectivity index (χ0n) is 13.6. The standard InChI is InChI=1S/C20H16N2O3/c1-12-5-4-6-13(9-12)10-17-22-18(20(23)24)19(25-17)15-11-21-16-8-3-2-7-14(15)16/h2-9,11,21H,10H2,1H3,(H,23,24). The van der Waals surface area contributed by atoms with E-state index in [9.17, 15) is 9.90 Å². The fourth-order valence-corrected chi connectivity index (χ4v) is 3.02. The number of aromatic carboxylic acids is 1. The Labute approximate surface area is 144 Å². The second-order valence-corrected chi connectivity index (χ2v) is 6.00. The molecule has 5 heteroatoms. The zero-order valence-corrected chi connectivity index (χ0v) is 13.6. The van der Waals surface area contributed by atoms with E-state index in [1.807, 2.05) is 55.5 Å². The van der Waals surface area contributed by atoms with Crippen LogP contribution in [0.15, 0.2) is 59.1 Å². The summed E-state index contributed by atoms with van der Waals surface area (Å²) >= 11 is 0. The maximum Gasteiger partial charge on any atom is 0.358 e. The van der Waals surface area contributed by atoms with E-state index in [4.69, 9.17) is 4.42 Å². The van der Waals surface area contributed by atoms with Crippen LogP contribution in [0.5, 0.6) is 0 Å². The molecule has 4 aromatic rings. The number of benzene rings is 2. The minimum absolute atomic E-state index is 0.0626. The highest BCUT2D eigenvalue weighted by Crippen LogP contribution is 2.32. The largest absolute Gasteiger partial charge is 0.476 e. The number of H-pyrrole nitrogens is 1. The van der Waals surface area contributed by atoms with E-state index in [0.717, 1.165) is 22.0 Å². The molecule has 25 heavy (non-hydrogen) atoms. The highest BCUT2D eigenvalue weighted by Gasteiger charge is 2.23. The predicted molar refractivity (Wildman–Crippen MR) is 94.7 cm³/mol. The van der Waals surface area contributed by atoms with Gasteiger partial charge >= 0.3 is 5.97 Å². The molecule has 2 heterocycles. The van der Waals surface area contributed by atoms with Crippen LogP contribution in [-0.4, -0.2) is 21.0 Å². The van der Waals surface area contributed by atoms with Crippen molar-refractivity contribution in [3.63, 3.8) is 0 Å². The number of aryl methyl sites for hydroxylation is 1. The summed E-state index contributed by atoms with van der Waals surface area (Å²) in [5.41, 5.74) is 3.73. The fourth-order valence-electron chi connectivity index (χ4n) is 3.02. The van der Waals surface area contributed by atoms with Crippen molar-refractivity contribution in [1.82, 2.24) is 9.97 Å². The summed E-state index contributed by atoms with van der Waals surface area (Å²) < 4.78 is 5.86. The monoisotopic (exact) mass is 332 g/mol. The van der Waals surface area contributed by atoms with Gasteiger partial charge in [-0.3, -0.25) is 0 Å². The maximum absolute atomic E-state index is 11.6. The maximum atomic E-state index is 11.6. The van der Waals surface area contributed by atoms with Crippen molar-refractivity contribution in [2.45, 2.75) is 13.3 Å². The first kappa shape index (κ1) is 15.2. The van der Waals surface area contributed by atoms with Crippen molar-refractivity contribution >= 4 is 16.9 Å². The first-order chi connectivity index (χ1) is 12.1. The van der Waals surface area contributed by atoms with Crippen LogP contribution in [0.4, 0.5) is 0 Å². The number of fused-ring (bicyclic) bond motifs is 1. The zero-order chi connectivity index (χ0) is 17.4. The van der Waals surface area contributed by atoms with Gasteiger partial charge in [-0.1, -0.05) is 48.0 Å². The van der Waals surface area contributed by atoms with Crippen molar-refractivity contribution < 1.29 is 14.3 Å². The van der Waals surface area contributed by atoms with Crippen molar-refractivity contribution in [2.24, 2.45) is 0 Å². The first-order valence-corrected chi connectivity index (χ1v) is 7.97. The number of nitrogens with one attached hydrogen (secondary N) is 1. The summed E-state index contributed by atoms with van der Waals surface area (Å²) in [6.45, 7) is 2.01. The van der Waals surface area contributed by atoms with Gasteiger partial charge in [0, 0.05) is 29.1 Å². The fraction of sp³-hybridized carbons (Fsp3) is 0.100. The van der Waals surface area contributed by atoms with Gasteiger partial charge in [-0.25, -0.2) is 9.78 Å². The van der Waals surface area contributed by atoms with Gasteiger partial charge in [0.15, 0.2) is 17.3 Å². The lowest BCUT2D eigenvalue weighted by Gasteiger charge is -1.99. The number of aromatic nitrogens is 2. The molecule has 0 aliphatic heterocycles. The van der Waals surface area contributed by atoms with E-state index >= 15 is 0 Å². The van der Waals surface area contributed by atoms with Crippen molar-refractivity contribution in [3.05, 3.63) is 77.4 Å². The molecule has 0 saturated heterocycles. The van der Waals surface area contributed by atoms with Gasteiger partial charge in [0.05, 0.1) is 0 Å². The Morgan fingerprint density at radius 2 is 2.04 bits per heavy atom. The molecule has 0 aliphatic rings. The second kappa shape index (κ2) is 5.94. The molecule has 0 saturated carbocycles. The summed E-state index contributed by atoms with van der Waals surface area (Å²) in [4.78, 5) is 19.0. The topological polar surface area (TPSA) is 79.1 Å². The normalized spacial score (nSPS) is 11.1. The number of oxazole rings is 1. The summed E-state index contributed by atoms with van der Waals surface area (Å²) in [5.74, 6) is -0.421. The number of carboxylic acids is 1. The number of hydrogen-bond donors (Lipinski definition) is 2. The number of carboxylic acid groups (broad SMARTS) is 1. The Hall–Kier alpha value is -3.34. The van der Waals surface area contributed by atoms with E-state index in [0.29, 0.717) is 17.9 Å². The Kier molecular flexibility index (Phi) is 3.61. The van der Waals surface area contributed by atoms with Gasteiger partial charge in [0.1, 0.15) is 0 Å². The number of para-hydroxylation sites is 1. The quantitative estimate of drug-likeness (QED) is 0.580. The number of nitrogens with zero attached hydrogens (tertiary/aromatic N) is 1. The Morgan fingerprint density at radius 1 is 1.20 bits per heavy atom. The minimum atomic E-state index is -1.10. The average molecular weight is 332 g/mol. The van der Waals surface area contributed by atoms with Crippen LogP contribution in [0.3, 0.4) is 0 Å². The summed E-state index contributed by atoms with van der Waals surface area (Å²) in [6, 6.07) is 15.7. The van der Waals surface area contributed by atoms with Gasteiger partial charge < -0.3 is 14.5 Å². The first-order valence-electron chi connectivity index (χ1n) is 7.97. The molecule has 2 aromatic heterocycles. The number of carbonyl (C=O) groups is 1. The Bertz CT molecular complexity index is 1080. The van der Waals surface area contributed by atoms with Gasteiger partial charge in [0.25, 0.3) is 0 Å². The molecule has 0 amide bonds. The van der Waals surface area contributed by atoms with E-state index < -0.39 is 5.97 Å². The summed E-state index contributed by atoms with van der Waals surface area (Å²) in [5, 5.41) is 10.4. The van der Waals surface area contributed by atoms with Crippen LogP contribution in [-0.2, 0) is 6.42 Å². The minimum Gasteiger partial charge on any atom is -0.476 e. The lowest BCUT2D eigenvalue weighted by molar-refractivity contribution is 0.0691. The van der Waals surface area contributed by atoms with Gasteiger partial charge in [-0.05, 0) is 18.6 Å². The molecule has 0 fully saturated rings.